The molecule has 92 valence electrons. The molecule has 0 atom stereocenters. The highest BCUT2D eigenvalue weighted by Gasteiger charge is 2.13. The van der Waals surface area contributed by atoms with E-state index < -0.39 is 0 Å². The summed E-state index contributed by atoms with van der Waals surface area (Å²) in [7, 11) is 0. The molecule has 0 spiro atoms. The third-order valence-electron chi connectivity index (χ3n) is 2.70. The summed E-state index contributed by atoms with van der Waals surface area (Å²) >= 11 is 0. The Morgan fingerprint density at radius 2 is 2.00 bits per heavy atom. The maximum absolute atomic E-state index is 9.08. The van der Waals surface area contributed by atoms with Crippen LogP contribution in [0, 0.1) is 17.2 Å². The van der Waals surface area contributed by atoms with E-state index in [1.807, 2.05) is 35.0 Å². The molecule has 0 fully saturated rings. The van der Waals surface area contributed by atoms with Gasteiger partial charge in [0.15, 0.2) is 5.69 Å². The highest BCUT2D eigenvalue weighted by molar-refractivity contribution is 5.30. The zero-order valence-corrected chi connectivity index (χ0v) is 10.7. The lowest BCUT2D eigenvalue weighted by Crippen LogP contribution is -2.10. The van der Waals surface area contributed by atoms with Crippen molar-refractivity contribution in [2.75, 3.05) is 0 Å². The molecule has 0 aliphatic heterocycles. The van der Waals surface area contributed by atoms with Gasteiger partial charge in [0, 0.05) is 13.0 Å². The average Bonchev–Trinajstić information content (AvgIpc) is 2.72. The van der Waals surface area contributed by atoms with E-state index in [1.54, 1.807) is 0 Å². The summed E-state index contributed by atoms with van der Waals surface area (Å²) < 4.78 is 1.84. The Bertz CT molecular complexity index is 549. The minimum absolute atomic E-state index is 0.430. The van der Waals surface area contributed by atoms with Crippen molar-refractivity contribution in [1.82, 2.24) is 15.0 Å². The molecule has 4 heteroatoms. The number of benzene rings is 1. The van der Waals surface area contributed by atoms with E-state index in [4.69, 9.17) is 5.26 Å². The van der Waals surface area contributed by atoms with E-state index in [2.05, 4.69) is 30.2 Å². The highest BCUT2D eigenvalue weighted by atomic mass is 15.4. The fraction of sp³-hybridized carbons (Fsp3) is 0.357. The molecule has 0 aliphatic rings. The minimum Gasteiger partial charge on any atom is -0.247 e. The van der Waals surface area contributed by atoms with Crippen LogP contribution in [0.25, 0.3) is 0 Å². The summed E-state index contributed by atoms with van der Waals surface area (Å²) in [6.45, 7) is 5.04. The summed E-state index contributed by atoms with van der Waals surface area (Å²) in [5.41, 5.74) is 2.50. The highest BCUT2D eigenvalue weighted by Crippen LogP contribution is 2.13. The van der Waals surface area contributed by atoms with Crippen LogP contribution in [0.4, 0.5) is 0 Å². The molecule has 4 nitrogen and oxygen atoms in total. The van der Waals surface area contributed by atoms with E-state index in [-0.39, 0.29) is 0 Å². The van der Waals surface area contributed by atoms with E-state index in [1.165, 1.54) is 5.56 Å². The zero-order valence-electron chi connectivity index (χ0n) is 10.7. The maximum Gasteiger partial charge on any atom is 0.186 e. The number of hydrogen-bond acceptors (Lipinski definition) is 3. The van der Waals surface area contributed by atoms with Gasteiger partial charge >= 0.3 is 0 Å². The van der Waals surface area contributed by atoms with Gasteiger partial charge in [-0.1, -0.05) is 49.4 Å². The fourth-order valence-electron chi connectivity index (χ4n) is 1.88. The minimum atomic E-state index is 0.430. The fourth-order valence-corrected chi connectivity index (χ4v) is 1.88. The standard InChI is InChI=1S/C14H16N4/c1-11(2)10-18-14(13(9-15)16-17-18)8-12-6-4-3-5-7-12/h3-7,11H,8,10H2,1-2H3. The van der Waals surface area contributed by atoms with Crippen molar-refractivity contribution in [2.24, 2.45) is 5.92 Å². The second-order valence-corrected chi connectivity index (χ2v) is 4.73. The lowest BCUT2D eigenvalue weighted by molar-refractivity contribution is 0.461. The van der Waals surface area contributed by atoms with Gasteiger partial charge in [-0.15, -0.1) is 5.10 Å². The lowest BCUT2D eigenvalue weighted by atomic mass is 10.1. The molecule has 2 aromatic rings. The van der Waals surface area contributed by atoms with Gasteiger partial charge in [0.25, 0.3) is 0 Å². The predicted octanol–water partition coefficient (Wildman–Crippen LogP) is 2.40. The topological polar surface area (TPSA) is 54.5 Å². The molecule has 0 saturated heterocycles. The Kier molecular flexibility index (Phi) is 3.73. The second kappa shape index (κ2) is 5.46. The van der Waals surface area contributed by atoms with Gasteiger partial charge in [0.05, 0.1) is 5.69 Å². The number of hydrogen-bond donors (Lipinski definition) is 0. The van der Waals surface area contributed by atoms with Crippen LogP contribution in [0.15, 0.2) is 30.3 Å². The third-order valence-corrected chi connectivity index (χ3v) is 2.70. The largest absolute Gasteiger partial charge is 0.247 e. The van der Waals surface area contributed by atoms with Crippen molar-refractivity contribution in [2.45, 2.75) is 26.8 Å². The Morgan fingerprint density at radius 1 is 1.28 bits per heavy atom. The summed E-state index contributed by atoms with van der Waals surface area (Å²) in [6, 6.07) is 12.2. The van der Waals surface area contributed by atoms with Crippen molar-refractivity contribution in [3.05, 3.63) is 47.3 Å². The number of aromatic nitrogens is 3. The second-order valence-electron chi connectivity index (χ2n) is 4.73. The van der Waals surface area contributed by atoms with Gasteiger partial charge in [0.2, 0.25) is 0 Å². The molecule has 1 heterocycles. The van der Waals surface area contributed by atoms with Crippen molar-refractivity contribution < 1.29 is 0 Å². The van der Waals surface area contributed by atoms with Crippen LogP contribution in [0.5, 0.6) is 0 Å². The van der Waals surface area contributed by atoms with Gasteiger partial charge in [0.1, 0.15) is 6.07 Å². The van der Waals surface area contributed by atoms with Gasteiger partial charge in [-0.05, 0) is 11.5 Å². The van der Waals surface area contributed by atoms with Crippen LogP contribution in [0.3, 0.4) is 0 Å². The summed E-state index contributed by atoms with van der Waals surface area (Å²) in [6.07, 6.45) is 0.698. The summed E-state index contributed by atoms with van der Waals surface area (Å²) in [5, 5.41) is 17.1. The molecule has 0 N–H and O–H groups in total. The molecule has 0 saturated carbocycles. The van der Waals surface area contributed by atoms with Crippen LogP contribution in [0.1, 0.15) is 30.8 Å². The maximum atomic E-state index is 9.08. The third kappa shape index (κ3) is 2.75. The smallest absolute Gasteiger partial charge is 0.186 e. The first-order valence-electron chi connectivity index (χ1n) is 6.07. The monoisotopic (exact) mass is 240 g/mol. The van der Waals surface area contributed by atoms with E-state index in [0.717, 1.165) is 12.2 Å². The Hall–Kier alpha value is -2.15. The average molecular weight is 240 g/mol. The quantitative estimate of drug-likeness (QED) is 0.824. The summed E-state index contributed by atoms with van der Waals surface area (Å²) in [4.78, 5) is 0. The van der Waals surface area contributed by atoms with Crippen LogP contribution in [0.2, 0.25) is 0 Å². The number of nitriles is 1. The van der Waals surface area contributed by atoms with Crippen LogP contribution in [-0.4, -0.2) is 15.0 Å². The van der Waals surface area contributed by atoms with Crippen LogP contribution in [-0.2, 0) is 13.0 Å². The normalized spacial score (nSPS) is 10.6. The summed E-state index contributed by atoms with van der Waals surface area (Å²) in [5.74, 6) is 0.479. The molecular formula is C14H16N4. The molecule has 0 radical (unpaired) electrons. The molecule has 1 aromatic heterocycles. The van der Waals surface area contributed by atoms with Gasteiger partial charge in [-0.3, -0.25) is 0 Å². The molecule has 2 rings (SSSR count). The first-order valence-corrected chi connectivity index (χ1v) is 6.07. The molecule has 1 aromatic carbocycles. The van der Waals surface area contributed by atoms with E-state index in [9.17, 15) is 0 Å². The van der Waals surface area contributed by atoms with Gasteiger partial charge in [-0.25, -0.2) is 4.68 Å². The SMILES string of the molecule is CC(C)Cn1nnc(C#N)c1Cc1ccccc1. The van der Waals surface area contributed by atoms with E-state index >= 15 is 0 Å². The van der Waals surface area contributed by atoms with Crippen LogP contribution >= 0.6 is 0 Å². The number of nitrogens with zero attached hydrogens (tertiary/aromatic N) is 4. The zero-order chi connectivity index (χ0) is 13.0. The lowest BCUT2D eigenvalue weighted by Gasteiger charge is -2.08. The van der Waals surface area contributed by atoms with Gasteiger partial charge in [-0.2, -0.15) is 5.26 Å². The van der Waals surface area contributed by atoms with Crippen molar-refractivity contribution in [3.63, 3.8) is 0 Å². The molecule has 0 bridgehead atoms. The van der Waals surface area contributed by atoms with E-state index in [0.29, 0.717) is 18.0 Å². The predicted molar refractivity (Wildman–Crippen MR) is 68.8 cm³/mol. The van der Waals surface area contributed by atoms with Crippen molar-refractivity contribution in [1.29, 1.82) is 5.26 Å². The number of rotatable bonds is 4. The molecule has 0 aliphatic carbocycles. The molecule has 0 unspecified atom stereocenters. The van der Waals surface area contributed by atoms with Crippen molar-refractivity contribution >= 4 is 0 Å². The Balaban J connectivity index is 2.30. The molecule has 0 amide bonds. The van der Waals surface area contributed by atoms with Gasteiger partial charge < -0.3 is 0 Å². The van der Waals surface area contributed by atoms with Crippen molar-refractivity contribution in [3.8, 4) is 6.07 Å². The Labute approximate surface area is 107 Å². The molecule has 18 heavy (non-hydrogen) atoms. The first-order chi connectivity index (χ1) is 8.70. The van der Waals surface area contributed by atoms with Crippen LogP contribution < -0.4 is 0 Å². The Morgan fingerprint density at radius 3 is 2.61 bits per heavy atom. The molecular weight excluding hydrogens is 224 g/mol. The first kappa shape index (κ1) is 12.3.